The van der Waals surface area contributed by atoms with Crippen LogP contribution in [-0.2, 0) is 28.8 Å². The Morgan fingerprint density at radius 1 is 0.902 bits per heavy atom. The molecule has 0 saturated carbocycles. The van der Waals surface area contributed by atoms with Gasteiger partial charge in [0.25, 0.3) is 11.8 Å². The third-order valence-corrected chi connectivity index (χ3v) is 6.05. The van der Waals surface area contributed by atoms with E-state index >= 15 is 0 Å². The molecule has 0 aliphatic carbocycles. The Labute approximate surface area is 240 Å². The maximum atomic E-state index is 13.0. The van der Waals surface area contributed by atoms with Crippen molar-refractivity contribution in [3.63, 3.8) is 0 Å². The summed E-state index contributed by atoms with van der Waals surface area (Å²) in [6, 6.07) is -3.59. The molecule has 1 aliphatic rings. The van der Waals surface area contributed by atoms with Crippen molar-refractivity contribution in [2.45, 2.75) is 82.9 Å². The van der Waals surface area contributed by atoms with E-state index in [0.29, 0.717) is 19.3 Å². The average molecular weight is 577 g/mol. The van der Waals surface area contributed by atoms with E-state index in [9.17, 15) is 38.7 Å². The lowest BCUT2D eigenvalue weighted by atomic mass is 9.99. The third kappa shape index (κ3) is 13.8. The van der Waals surface area contributed by atoms with Gasteiger partial charge in [-0.25, -0.2) is 4.79 Å². The number of nitrogens with zero attached hydrogens (tertiary/aromatic N) is 1. The zero-order chi connectivity index (χ0) is 30.9. The third-order valence-electron chi connectivity index (χ3n) is 6.05. The maximum Gasteiger partial charge on any atom is 0.312 e. The molecule has 41 heavy (non-hydrogen) atoms. The van der Waals surface area contributed by atoms with Gasteiger partial charge in [-0.05, 0) is 39.5 Å². The predicted octanol–water partition coefficient (Wildman–Crippen LogP) is -2.52. The molecular weight excluding hydrogens is 537 g/mol. The summed E-state index contributed by atoms with van der Waals surface area (Å²) in [6.07, 6.45) is 3.06. The molecule has 0 aromatic carbocycles. The quantitative estimate of drug-likeness (QED) is 0.0491. The fourth-order valence-electron chi connectivity index (χ4n) is 3.76. The van der Waals surface area contributed by atoms with Crippen LogP contribution in [0.15, 0.2) is 12.2 Å². The van der Waals surface area contributed by atoms with E-state index in [2.05, 4.69) is 26.6 Å². The van der Waals surface area contributed by atoms with Gasteiger partial charge in [0.15, 0.2) is 0 Å². The van der Waals surface area contributed by atoms with Crippen LogP contribution in [-0.4, -0.2) is 103 Å². The fraction of sp³-hybridized carbons (Fsp3) is 0.640. The molecule has 8 N–H and O–H groups in total. The molecule has 0 fully saturated rings. The lowest BCUT2D eigenvalue weighted by Crippen LogP contribution is -2.57. The SMILES string of the molecule is [B]C[C@@H](C)NC(=O)CNC(=O)[C@@H](CCCNC(N)=O)NC(=O)[C@H](NC(=O)CCCCCN1C(=O)C=CC1=O)[C@H](C)O. The lowest BCUT2D eigenvalue weighted by molar-refractivity contribution is -0.137. The van der Waals surface area contributed by atoms with E-state index in [0.717, 1.165) is 4.90 Å². The minimum absolute atomic E-state index is 0.0235. The first-order chi connectivity index (χ1) is 19.3. The summed E-state index contributed by atoms with van der Waals surface area (Å²) in [7, 11) is 5.46. The Morgan fingerprint density at radius 2 is 1.56 bits per heavy atom. The number of carbonyl (C=O) groups is 7. The lowest BCUT2D eigenvalue weighted by Gasteiger charge is -2.25. The summed E-state index contributed by atoms with van der Waals surface area (Å²) in [6.45, 7) is 2.98. The molecule has 4 atom stereocenters. The summed E-state index contributed by atoms with van der Waals surface area (Å²) < 4.78 is 0. The summed E-state index contributed by atoms with van der Waals surface area (Å²) in [5.74, 6) is -3.26. The highest BCUT2D eigenvalue weighted by Gasteiger charge is 2.30. The van der Waals surface area contributed by atoms with Gasteiger partial charge in [-0.2, -0.15) is 0 Å². The Morgan fingerprint density at radius 3 is 2.15 bits per heavy atom. The number of hydrogen-bond acceptors (Lipinski definition) is 8. The number of carbonyl (C=O) groups excluding carboxylic acids is 7. The number of primary amides is 1. The van der Waals surface area contributed by atoms with Crippen molar-refractivity contribution in [2.75, 3.05) is 19.6 Å². The minimum Gasteiger partial charge on any atom is -0.391 e. The highest BCUT2D eigenvalue weighted by Crippen LogP contribution is 2.08. The summed E-state index contributed by atoms with van der Waals surface area (Å²) >= 11 is 0. The van der Waals surface area contributed by atoms with E-state index < -0.39 is 47.8 Å². The number of rotatable bonds is 19. The topological polar surface area (TPSA) is 229 Å². The molecular formula is C25H40BN7O8. The first-order valence-corrected chi connectivity index (χ1v) is 13.5. The smallest absolute Gasteiger partial charge is 0.312 e. The molecule has 16 heteroatoms. The Hall–Kier alpha value is -3.95. The maximum absolute atomic E-state index is 13.0. The van der Waals surface area contributed by atoms with Gasteiger partial charge in [0.05, 0.1) is 20.5 Å². The van der Waals surface area contributed by atoms with Crippen LogP contribution < -0.4 is 32.3 Å². The number of hydrogen-bond donors (Lipinski definition) is 7. The van der Waals surface area contributed by atoms with Crippen LogP contribution in [0.2, 0.25) is 6.32 Å². The first kappa shape index (κ1) is 35.1. The van der Waals surface area contributed by atoms with Crippen LogP contribution in [0, 0.1) is 0 Å². The standard InChI is InChI=1S/C25H40BN7O8/c1-15(13-26)30-19(36)14-29-23(39)17(7-6-11-28-25(27)41)31-24(40)22(16(2)34)32-18(35)8-4-3-5-12-33-20(37)9-10-21(33)38/h9-10,15-17,22,34H,3-8,11-14H2,1-2H3,(H,29,39)(H,30,36)(H,31,40)(H,32,35)(H3,27,28,41)/t15-,16+,17-,22-/m1/s1. The molecule has 8 amide bonds. The number of aliphatic hydroxyl groups excluding tert-OH is 1. The van der Waals surface area contributed by atoms with Gasteiger partial charge < -0.3 is 37.4 Å². The first-order valence-electron chi connectivity index (χ1n) is 13.5. The molecule has 0 saturated heterocycles. The number of unbranched alkanes of at least 4 members (excludes halogenated alkanes) is 2. The van der Waals surface area contributed by atoms with Crippen molar-refractivity contribution in [1.29, 1.82) is 0 Å². The number of urea groups is 1. The van der Waals surface area contributed by atoms with Crippen molar-refractivity contribution in [2.24, 2.45) is 5.73 Å². The van der Waals surface area contributed by atoms with Crippen molar-refractivity contribution in [1.82, 2.24) is 31.5 Å². The molecule has 2 radical (unpaired) electrons. The van der Waals surface area contributed by atoms with Crippen LogP contribution in [0.25, 0.3) is 0 Å². The summed E-state index contributed by atoms with van der Waals surface area (Å²) in [4.78, 5) is 85.3. The van der Waals surface area contributed by atoms with E-state index in [1.165, 1.54) is 19.1 Å². The number of nitrogens with two attached hydrogens (primary N) is 1. The number of nitrogens with one attached hydrogen (secondary N) is 5. The van der Waals surface area contributed by atoms with Crippen molar-refractivity contribution in [3.8, 4) is 0 Å². The largest absolute Gasteiger partial charge is 0.391 e. The van der Waals surface area contributed by atoms with Crippen molar-refractivity contribution in [3.05, 3.63) is 12.2 Å². The molecule has 0 spiro atoms. The highest BCUT2D eigenvalue weighted by molar-refractivity contribution is 6.12. The highest BCUT2D eigenvalue weighted by atomic mass is 16.3. The second-order valence-electron chi connectivity index (χ2n) is 9.67. The van der Waals surface area contributed by atoms with Crippen molar-refractivity contribution < 1.29 is 38.7 Å². The molecule has 1 heterocycles. The van der Waals surface area contributed by atoms with Crippen LogP contribution in [0.4, 0.5) is 4.79 Å². The van der Waals surface area contributed by atoms with E-state index in [1.807, 2.05) is 0 Å². The Kier molecular flexibility index (Phi) is 15.8. The van der Waals surface area contributed by atoms with Crippen LogP contribution in [0.3, 0.4) is 0 Å². The van der Waals surface area contributed by atoms with E-state index in [1.54, 1.807) is 6.92 Å². The Balaban J connectivity index is 2.65. The monoisotopic (exact) mass is 577 g/mol. The summed E-state index contributed by atoms with van der Waals surface area (Å²) in [5.41, 5.74) is 5.04. The average Bonchev–Trinajstić information content (AvgIpc) is 3.23. The second-order valence-corrected chi connectivity index (χ2v) is 9.67. The van der Waals surface area contributed by atoms with Gasteiger partial charge in [0.2, 0.25) is 23.6 Å². The number of imide groups is 1. The van der Waals surface area contributed by atoms with Gasteiger partial charge >= 0.3 is 6.03 Å². The van der Waals surface area contributed by atoms with Crippen LogP contribution in [0.5, 0.6) is 0 Å². The number of aliphatic hydroxyl groups is 1. The zero-order valence-corrected chi connectivity index (χ0v) is 23.4. The Bertz CT molecular complexity index is 973. The minimum atomic E-state index is -1.37. The fourth-order valence-corrected chi connectivity index (χ4v) is 3.76. The molecule has 0 aromatic heterocycles. The molecule has 226 valence electrons. The molecule has 0 unspecified atom stereocenters. The van der Waals surface area contributed by atoms with E-state index in [4.69, 9.17) is 13.6 Å². The molecule has 15 nitrogen and oxygen atoms in total. The van der Waals surface area contributed by atoms with Crippen LogP contribution >= 0.6 is 0 Å². The van der Waals surface area contributed by atoms with E-state index in [-0.39, 0.29) is 63.1 Å². The molecule has 1 rings (SSSR count). The van der Waals surface area contributed by atoms with Gasteiger partial charge in [-0.3, -0.25) is 33.7 Å². The van der Waals surface area contributed by atoms with Crippen LogP contribution in [0.1, 0.15) is 52.4 Å². The molecule has 0 bridgehead atoms. The number of amides is 8. The van der Waals surface area contributed by atoms with Gasteiger partial charge in [-0.15, -0.1) is 0 Å². The molecule has 1 aliphatic heterocycles. The second kappa shape index (κ2) is 18.4. The summed E-state index contributed by atoms with van der Waals surface area (Å²) in [5, 5.41) is 22.5. The van der Waals surface area contributed by atoms with Gasteiger partial charge in [0.1, 0.15) is 12.1 Å². The normalized spacial score (nSPS) is 15.4. The van der Waals surface area contributed by atoms with Gasteiger partial charge in [0, 0.05) is 37.7 Å². The van der Waals surface area contributed by atoms with Gasteiger partial charge in [-0.1, -0.05) is 12.7 Å². The molecule has 0 aromatic rings. The predicted molar refractivity (Wildman–Crippen MR) is 148 cm³/mol. The zero-order valence-electron chi connectivity index (χ0n) is 23.4. The van der Waals surface area contributed by atoms with Crippen molar-refractivity contribution >= 4 is 49.3 Å².